The number of methoxy groups -OCH3 is 1. The fourth-order valence-corrected chi connectivity index (χ4v) is 1.74. The van der Waals surface area contributed by atoms with E-state index in [2.05, 4.69) is 5.32 Å². The molecule has 1 aliphatic rings. The van der Waals surface area contributed by atoms with Crippen molar-refractivity contribution in [2.24, 2.45) is 5.92 Å². The van der Waals surface area contributed by atoms with E-state index >= 15 is 0 Å². The number of carboxylic acid groups (broad SMARTS) is 1. The van der Waals surface area contributed by atoms with Crippen LogP contribution in [-0.2, 0) is 9.53 Å². The van der Waals surface area contributed by atoms with Gasteiger partial charge in [-0.15, -0.1) is 0 Å². The first-order valence-corrected chi connectivity index (χ1v) is 4.64. The summed E-state index contributed by atoms with van der Waals surface area (Å²) < 4.78 is 5.25. The summed E-state index contributed by atoms with van der Waals surface area (Å²) in [5, 5.41) is 12.0. The van der Waals surface area contributed by atoms with Crippen molar-refractivity contribution >= 4 is 5.97 Å². The molecule has 3 unspecified atom stereocenters. The van der Waals surface area contributed by atoms with Gasteiger partial charge in [0.15, 0.2) is 0 Å². The molecule has 0 aromatic rings. The molecule has 0 aliphatic carbocycles. The van der Waals surface area contributed by atoms with E-state index in [-0.39, 0.29) is 18.1 Å². The van der Waals surface area contributed by atoms with E-state index in [1.165, 1.54) is 0 Å². The standard InChI is InChI=1S/C9H17NO3/c1-6(9(11)12)5-7-8(13-2)3-4-10-7/h6-8,10H,3-5H2,1-2H3,(H,11,12). The Morgan fingerprint density at radius 3 is 3.00 bits per heavy atom. The predicted octanol–water partition coefficient (Wildman–Crippen LogP) is 0.474. The predicted molar refractivity (Wildman–Crippen MR) is 48.6 cm³/mol. The maximum atomic E-state index is 10.6. The molecule has 0 aromatic carbocycles. The number of carboxylic acids is 1. The van der Waals surface area contributed by atoms with Crippen molar-refractivity contribution in [1.82, 2.24) is 5.32 Å². The number of nitrogens with one attached hydrogen (secondary N) is 1. The first-order valence-electron chi connectivity index (χ1n) is 4.64. The van der Waals surface area contributed by atoms with E-state index in [1.54, 1.807) is 14.0 Å². The molecule has 4 heteroatoms. The summed E-state index contributed by atoms with van der Waals surface area (Å²) in [6.07, 6.45) is 1.81. The maximum absolute atomic E-state index is 10.6. The van der Waals surface area contributed by atoms with Gasteiger partial charge in [0.05, 0.1) is 12.0 Å². The first-order chi connectivity index (χ1) is 6.15. The van der Waals surface area contributed by atoms with Crippen molar-refractivity contribution in [2.45, 2.75) is 31.9 Å². The van der Waals surface area contributed by atoms with Gasteiger partial charge in [-0.2, -0.15) is 0 Å². The van der Waals surface area contributed by atoms with E-state index in [9.17, 15) is 4.79 Å². The van der Waals surface area contributed by atoms with Crippen LogP contribution in [0.15, 0.2) is 0 Å². The third-order valence-corrected chi connectivity index (χ3v) is 2.62. The largest absolute Gasteiger partial charge is 0.481 e. The first kappa shape index (κ1) is 10.5. The van der Waals surface area contributed by atoms with E-state index in [0.29, 0.717) is 6.42 Å². The van der Waals surface area contributed by atoms with Gasteiger partial charge < -0.3 is 15.2 Å². The van der Waals surface area contributed by atoms with Crippen LogP contribution in [-0.4, -0.2) is 36.9 Å². The van der Waals surface area contributed by atoms with E-state index in [1.807, 2.05) is 0 Å². The normalized spacial score (nSPS) is 30.3. The second-order valence-corrected chi connectivity index (χ2v) is 3.60. The SMILES string of the molecule is COC1CCNC1CC(C)C(=O)O. The van der Waals surface area contributed by atoms with Crippen molar-refractivity contribution in [2.75, 3.05) is 13.7 Å². The highest BCUT2D eigenvalue weighted by molar-refractivity contribution is 5.69. The molecule has 0 radical (unpaired) electrons. The van der Waals surface area contributed by atoms with Gasteiger partial charge in [0.1, 0.15) is 0 Å². The van der Waals surface area contributed by atoms with Crippen LogP contribution in [0.2, 0.25) is 0 Å². The van der Waals surface area contributed by atoms with Crippen LogP contribution >= 0.6 is 0 Å². The summed E-state index contributed by atoms with van der Waals surface area (Å²) in [6.45, 7) is 2.66. The summed E-state index contributed by atoms with van der Waals surface area (Å²) in [5.41, 5.74) is 0. The zero-order valence-electron chi connectivity index (χ0n) is 8.12. The summed E-state index contributed by atoms with van der Waals surface area (Å²) in [5.74, 6) is -1.03. The molecular formula is C9H17NO3. The summed E-state index contributed by atoms with van der Waals surface area (Å²) in [4.78, 5) is 10.6. The highest BCUT2D eigenvalue weighted by atomic mass is 16.5. The minimum Gasteiger partial charge on any atom is -0.481 e. The molecule has 0 saturated carbocycles. The molecule has 76 valence electrons. The Morgan fingerprint density at radius 2 is 2.46 bits per heavy atom. The molecular weight excluding hydrogens is 170 g/mol. The summed E-state index contributed by atoms with van der Waals surface area (Å²) in [7, 11) is 1.68. The number of carbonyl (C=O) groups is 1. The van der Waals surface area contributed by atoms with Crippen molar-refractivity contribution < 1.29 is 14.6 Å². The van der Waals surface area contributed by atoms with E-state index in [0.717, 1.165) is 13.0 Å². The fraction of sp³-hybridized carbons (Fsp3) is 0.889. The summed E-state index contributed by atoms with van der Waals surface area (Å²) in [6, 6.07) is 0.205. The van der Waals surface area contributed by atoms with Crippen LogP contribution in [0.5, 0.6) is 0 Å². The topological polar surface area (TPSA) is 58.6 Å². The zero-order chi connectivity index (χ0) is 9.84. The Balaban J connectivity index is 2.39. The van der Waals surface area contributed by atoms with Gasteiger partial charge in [-0.1, -0.05) is 6.92 Å². The minimum atomic E-state index is -0.733. The lowest BCUT2D eigenvalue weighted by Crippen LogP contribution is -2.34. The molecule has 1 saturated heterocycles. The molecule has 1 fully saturated rings. The van der Waals surface area contributed by atoms with Crippen LogP contribution in [0.4, 0.5) is 0 Å². The van der Waals surface area contributed by atoms with Gasteiger partial charge in [-0.25, -0.2) is 0 Å². The van der Waals surface area contributed by atoms with Crippen molar-refractivity contribution in [3.05, 3.63) is 0 Å². The molecule has 3 atom stereocenters. The van der Waals surface area contributed by atoms with Crippen LogP contribution in [0, 0.1) is 5.92 Å². The van der Waals surface area contributed by atoms with Crippen molar-refractivity contribution in [1.29, 1.82) is 0 Å². The fourth-order valence-electron chi connectivity index (χ4n) is 1.74. The number of rotatable bonds is 4. The Morgan fingerprint density at radius 1 is 1.77 bits per heavy atom. The van der Waals surface area contributed by atoms with Gasteiger partial charge in [-0.3, -0.25) is 4.79 Å². The second-order valence-electron chi connectivity index (χ2n) is 3.60. The number of ether oxygens (including phenoxy) is 1. The van der Waals surface area contributed by atoms with Crippen molar-refractivity contribution in [3.8, 4) is 0 Å². The van der Waals surface area contributed by atoms with Crippen LogP contribution in [0.3, 0.4) is 0 Å². The quantitative estimate of drug-likeness (QED) is 0.672. The third kappa shape index (κ3) is 2.67. The Labute approximate surface area is 78.3 Å². The molecule has 0 spiro atoms. The van der Waals surface area contributed by atoms with Crippen LogP contribution < -0.4 is 5.32 Å². The van der Waals surface area contributed by atoms with Crippen LogP contribution in [0.25, 0.3) is 0 Å². The monoisotopic (exact) mass is 187 g/mol. The van der Waals surface area contributed by atoms with Crippen LogP contribution in [0.1, 0.15) is 19.8 Å². The molecule has 1 rings (SSSR count). The minimum absolute atomic E-state index is 0.182. The third-order valence-electron chi connectivity index (χ3n) is 2.62. The average Bonchev–Trinajstić information content (AvgIpc) is 2.51. The molecule has 2 N–H and O–H groups in total. The molecule has 4 nitrogen and oxygen atoms in total. The lowest BCUT2D eigenvalue weighted by molar-refractivity contribution is -0.141. The molecule has 1 heterocycles. The van der Waals surface area contributed by atoms with E-state index in [4.69, 9.17) is 9.84 Å². The maximum Gasteiger partial charge on any atom is 0.306 e. The van der Waals surface area contributed by atoms with Gasteiger partial charge in [0, 0.05) is 13.2 Å². The summed E-state index contributed by atoms with van der Waals surface area (Å²) >= 11 is 0. The average molecular weight is 187 g/mol. The number of aliphatic carboxylic acids is 1. The van der Waals surface area contributed by atoms with Gasteiger partial charge >= 0.3 is 5.97 Å². The smallest absolute Gasteiger partial charge is 0.306 e. The Bertz CT molecular complexity index is 184. The molecule has 0 amide bonds. The lowest BCUT2D eigenvalue weighted by atomic mass is 9.99. The van der Waals surface area contributed by atoms with Gasteiger partial charge in [0.25, 0.3) is 0 Å². The molecule has 1 aliphatic heterocycles. The molecule has 0 bridgehead atoms. The Kier molecular flexibility index (Phi) is 3.69. The highest BCUT2D eigenvalue weighted by Crippen LogP contribution is 2.17. The molecule has 13 heavy (non-hydrogen) atoms. The number of hydrogen-bond donors (Lipinski definition) is 2. The lowest BCUT2D eigenvalue weighted by Gasteiger charge is -2.19. The second kappa shape index (κ2) is 4.58. The highest BCUT2D eigenvalue weighted by Gasteiger charge is 2.29. The van der Waals surface area contributed by atoms with Gasteiger partial charge in [-0.05, 0) is 19.4 Å². The van der Waals surface area contributed by atoms with Crippen molar-refractivity contribution in [3.63, 3.8) is 0 Å². The number of hydrogen-bond acceptors (Lipinski definition) is 3. The van der Waals surface area contributed by atoms with Gasteiger partial charge in [0.2, 0.25) is 0 Å². The Hall–Kier alpha value is -0.610. The molecule has 0 aromatic heterocycles. The zero-order valence-corrected chi connectivity index (χ0v) is 8.12. The van der Waals surface area contributed by atoms with E-state index < -0.39 is 5.97 Å².